The van der Waals surface area contributed by atoms with Gasteiger partial charge in [-0.3, -0.25) is 4.79 Å². The number of nitrogens with zero attached hydrogens (tertiary/aromatic N) is 2. The summed E-state index contributed by atoms with van der Waals surface area (Å²) in [5.74, 6) is 1.29. The van der Waals surface area contributed by atoms with E-state index in [9.17, 15) is 4.79 Å². The summed E-state index contributed by atoms with van der Waals surface area (Å²) in [6.07, 6.45) is 7.63. The molecule has 0 N–H and O–H groups in total. The predicted molar refractivity (Wildman–Crippen MR) is 81.4 cm³/mol. The molecule has 0 aromatic heterocycles. The van der Waals surface area contributed by atoms with Gasteiger partial charge in [0.25, 0.3) is 0 Å². The Morgan fingerprint density at radius 1 is 1.14 bits per heavy atom. The van der Waals surface area contributed by atoms with Crippen LogP contribution >= 0.6 is 0 Å². The molecule has 0 unspecified atom stereocenters. The molecule has 1 heterocycles. The molecule has 2 aliphatic rings. The maximum absolute atomic E-state index is 12.2. The fraction of sp³-hybridized carbons (Fsp3) is 0.500. The van der Waals surface area contributed by atoms with Crippen molar-refractivity contribution in [1.82, 2.24) is 4.90 Å². The number of likely N-dealkylation sites (tertiary alicyclic amines) is 1. The molecular formula is C18H21N2O. The Balaban J connectivity index is 1.52. The van der Waals surface area contributed by atoms with Gasteiger partial charge in [-0.1, -0.05) is 18.6 Å². The van der Waals surface area contributed by atoms with Crippen LogP contribution in [0, 0.1) is 23.7 Å². The molecule has 2 fully saturated rings. The molecule has 1 radical (unpaired) electrons. The molecule has 21 heavy (non-hydrogen) atoms. The lowest BCUT2D eigenvalue weighted by Gasteiger charge is -2.34. The summed E-state index contributed by atoms with van der Waals surface area (Å²) in [4.78, 5) is 14.2. The molecule has 3 rings (SSSR count). The van der Waals surface area contributed by atoms with Crippen molar-refractivity contribution in [2.45, 2.75) is 38.0 Å². The van der Waals surface area contributed by atoms with Crippen LogP contribution in [0.2, 0.25) is 0 Å². The van der Waals surface area contributed by atoms with E-state index in [2.05, 4.69) is 18.2 Å². The van der Waals surface area contributed by atoms with Crippen LogP contribution in [0.15, 0.2) is 24.3 Å². The van der Waals surface area contributed by atoms with Crippen molar-refractivity contribution in [3.63, 3.8) is 0 Å². The highest BCUT2D eigenvalue weighted by molar-refractivity contribution is 5.85. The second kappa shape index (κ2) is 6.30. The Labute approximate surface area is 126 Å². The lowest BCUT2D eigenvalue weighted by Crippen LogP contribution is -2.39. The van der Waals surface area contributed by atoms with E-state index in [-0.39, 0.29) is 5.91 Å². The fourth-order valence-corrected chi connectivity index (χ4v) is 3.18. The number of hydrogen-bond acceptors (Lipinski definition) is 2. The lowest BCUT2D eigenvalue weighted by molar-refractivity contribution is -0.129. The minimum atomic E-state index is 0.234. The molecule has 1 aromatic rings. The minimum Gasteiger partial charge on any atom is -0.342 e. The Bertz CT molecular complexity index is 531. The smallest absolute Gasteiger partial charge is 0.226 e. The average Bonchev–Trinajstić information content (AvgIpc) is 2.51. The number of benzene rings is 1. The molecular weight excluding hydrogens is 260 g/mol. The van der Waals surface area contributed by atoms with Crippen molar-refractivity contribution in [1.29, 1.82) is 5.26 Å². The van der Waals surface area contributed by atoms with Crippen LogP contribution in [0.5, 0.6) is 0 Å². The summed E-state index contributed by atoms with van der Waals surface area (Å²) in [7, 11) is 0. The Morgan fingerprint density at radius 3 is 2.33 bits per heavy atom. The summed E-state index contributed by atoms with van der Waals surface area (Å²) in [5.41, 5.74) is 2.01. The largest absolute Gasteiger partial charge is 0.342 e. The highest BCUT2D eigenvalue weighted by Gasteiger charge is 2.27. The van der Waals surface area contributed by atoms with Crippen LogP contribution in [0.1, 0.15) is 49.1 Å². The van der Waals surface area contributed by atoms with Gasteiger partial charge in [-0.05, 0) is 55.2 Å². The van der Waals surface area contributed by atoms with Crippen molar-refractivity contribution < 1.29 is 4.79 Å². The molecule has 1 aliphatic carbocycles. The van der Waals surface area contributed by atoms with Crippen LogP contribution in [0.25, 0.3) is 0 Å². The zero-order valence-electron chi connectivity index (χ0n) is 12.3. The zero-order chi connectivity index (χ0) is 14.7. The highest BCUT2D eigenvalue weighted by atomic mass is 16.2. The van der Waals surface area contributed by atoms with Gasteiger partial charge >= 0.3 is 0 Å². The number of amides is 1. The summed E-state index contributed by atoms with van der Waals surface area (Å²) in [6.45, 7) is 1.71. The van der Waals surface area contributed by atoms with Crippen LogP contribution in [-0.2, 0) is 4.79 Å². The molecule has 0 atom stereocenters. The quantitative estimate of drug-likeness (QED) is 0.853. The van der Waals surface area contributed by atoms with Gasteiger partial charge in [0, 0.05) is 13.1 Å². The van der Waals surface area contributed by atoms with Crippen molar-refractivity contribution >= 4 is 5.91 Å². The molecule has 3 nitrogen and oxygen atoms in total. The van der Waals surface area contributed by atoms with E-state index in [1.165, 1.54) is 24.8 Å². The van der Waals surface area contributed by atoms with Gasteiger partial charge in [0.1, 0.15) is 0 Å². The van der Waals surface area contributed by atoms with E-state index in [0.29, 0.717) is 17.4 Å². The van der Waals surface area contributed by atoms with Crippen molar-refractivity contribution in [3.05, 3.63) is 41.8 Å². The molecule has 0 bridgehead atoms. The van der Waals surface area contributed by atoms with E-state index in [1.54, 1.807) is 0 Å². The first-order valence-corrected chi connectivity index (χ1v) is 7.90. The van der Waals surface area contributed by atoms with Gasteiger partial charge in [0.05, 0.1) is 18.1 Å². The van der Waals surface area contributed by atoms with Gasteiger partial charge < -0.3 is 4.90 Å². The van der Waals surface area contributed by atoms with E-state index < -0.39 is 0 Å². The molecule has 0 spiro atoms. The molecule has 1 aliphatic heterocycles. The van der Waals surface area contributed by atoms with Gasteiger partial charge in [0.2, 0.25) is 5.91 Å². The normalized spacial score (nSPS) is 19.9. The summed E-state index contributed by atoms with van der Waals surface area (Å²) < 4.78 is 0. The molecule has 3 heteroatoms. The SMILES string of the molecule is N#Cc1ccc(C2CCN(C(=O)[CH]C3CCC3)CC2)cc1. The minimum absolute atomic E-state index is 0.234. The third kappa shape index (κ3) is 3.26. The van der Waals surface area contributed by atoms with Crippen LogP contribution in [0.3, 0.4) is 0 Å². The number of nitriles is 1. The number of rotatable bonds is 3. The standard InChI is InChI=1S/C18H21N2O/c19-13-15-4-6-16(7-5-15)17-8-10-20(11-9-17)18(21)12-14-2-1-3-14/h4-7,12,14,17H,1-3,8-11H2. The summed E-state index contributed by atoms with van der Waals surface area (Å²) in [5, 5.41) is 8.83. The van der Waals surface area contributed by atoms with Crippen LogP contribution < -0.4 is 0 Å². The Morgan fingerprint density at radius 2 is 1.81 bits per heavy atom. The van der Waals surface area contributed by atoms with Gasteiger partial charge in [-0.15, -0.1) is 0 Å². The van der Waals surface area contributed by atoms with Crippen LogP contribution in [0.4, 0.5) is 0 Å². The summed E-state index contributed by atoms with van der Waals surface area (Å²) >= 11 is 0. The molecule has 1 amide bonds. The molecule has 1 aromatic carbocycles. The topological polar surface area (TPSA) is 44.1 Å². The second-order valence-corrected chi connectivity index (χ2v) is 6.19. The van der Waals surface area contributed by atoms with Crippen molar-refractivity contribution in [3.8, 4) is 6.07 Å². The monoisotopic (exact) mass is 281 g/mol. The van der Waals surface area contributed by atoms with E-state index in [0.717, 1.165) is 25.9 Å². The second-order valence-electron chi connectivity index (χ2n) is 6.19. The van der Waals surface area contributed by atoms with Gasteiger partial charge in [-0.2, -0.15) is 5.26 Å². The van der Waals surface area contributed by atoms with Gasteiger partial charge in [-0.25, -0.2) is 0 Å². The third-order valence-electron chi connectivity index (χ3n) is 4.85. The predicted octanol–water partition coefficient (Wildman–Crippen LogP) is 3.27. The summed E-state index contributed by atoms with van der Waals surface area (Å²) in [6, 6.07) is 10.0. The van der Waals surface area contributed by atoms with E-state index in [4.69, 9.17) is 5.26 Å². The zero-order valence-corrected chi connectivity index (χ0v) is 12.3. The number of carbonyl (C=O) groups excluding carboxylic acids is 1. The van der Waals surface area contributed by atoms with E-state index in [1.807, 2.05) is 23.5 Å². The number of hydrogen-bond donors (Lipinski definition) is 0. The maximum atomic E-state index is 12.2. The third-order valence-corrected chi connectivity index (χ3v) is 4.85. The first kappa shape index (κ1) is 14.1. The van der Waals surface area contributed by atoms with E-state index >= 15 is 0 Å². The molecule has 1 saturated heterocycles. The molecule has 109 valence electrons. The maximum Gasteiger partial charge on any atom is 0.226 e. The Kier molecular flexibility index (Phi) is 4.24. The first-order chi connectivity index (χ1) is 10.3. The Hall–Kier alpha value is -1.82. The van der Waals surface area contributed by atoms with Crippen molar-refractivity contribution in [2.24, 2.45) is 5.92 Å². The fourth-order valence-electron chi connectivity index (χ4n) is 3.18. The first-order valence-electron chi connectivity index (χ1n) is 7.90. The number of piperidine rings is 1. The highest BCUT2D eigenvalue weighted by Crippen LogP contribution is 2.31. The average molecular weight is 281 g/mol. The molecule has 1 saturated carbocycles. The number of carbonyl (C=O) groups is 1. The lowest BCUT2D eigenvalue weighted by atomic mass is 9.82. The van der Waals surface area contributed by atoms with Crippen molar-refractivity contribution in [2.75, 3.05) is 13.1 Å². The van der Waals surface area contributed by atoms with Crippen LogP contribution in [-0.4, -0.2) is 23.9 Å². The van der Waals surface area contributed by atoms with Gasteiger partial charge in [0.15, 0.2) is 0 Å².